The number of thiophene rings is 1. The topological polar surface area (TPSA) is 51.0 Å². The lowest BCUT2D eigenvalue weighted by Crippen LogP contribution is -2.51. The van der Waals surface area contributed by atoms with E-state index in [1.165, 1.54) is 10.2 Å². The number of hydrogen-bond acceptors (Lipinski definition) is 4. The van der Waals surface area contributed by atoms with Crippen LogP contribution in [0.25, 0.3) is 5.82 Å². The van der Waals surface area contributed by atoms with Crippen molar-refractivity contribution in [1.82, 2.24) is 19.7 Å². The maximum Gasteiger partial charge on any atom is 0.272 e. The van der Waals surface area contributed by atoms with Crippen molar-refractivity contribution in [2.45, 2.75) is 6.42 Å². The summed E-state index contributed by atoms with van der Waals surface area (Å²) in [5.41, 5.74) is 1.80. The van der Waals surface area contributed by atoms with Gasteiger partial charge in [-0.15, -0.1) is 0 Å². The lowest BCUT2D eigenvalue weighted by atomic mass is 9.93. The molecule has 128 valence electrons. The number of likely N-dealkylation sites (tertiary alicyclic amines) is 1. The second kappa shape index (κ2) is 6.90. The molecule has 0 N–H and O–H groups in total. The molecule has 25 heavy (non-hydrogen) atoms. The maximum absolute atomic E-state index is 12.9. The van der Waals surface area contributed by atoms with Crippen LogP contribution in [0.3, 0.4) is 0 Å². The molecule has 0 atom stereocenters. The van der Waals surface area contributed by atoms with E-state index < -0.39 is 0 Å². The van der Waals surface area contributed by atoms with Crippen molar-refractivity contribution >= 4 is 44.8 Å². The molecule has 4 heterocycles. The molecular formula is C17H14BrClN4OS. The Morgan fingerprint density at radius 1 is 1.40 bits per heavy atom. The minimum absolute atomic E-state index is 0.0542. The van der Waals surface area contributed by atoms with Crippen LogP contribution < -0.4 is 0 Å². The van der Waals surface area contributed by atoms with Crippen LogP contribution in [0, 0.1) is 5.92 Å². The Hall–Kier alpha value is -1.70. The van der Waals surface area contributed by atoms with Gasteiger partial charge >= 0.3 is 0 Å². The van der Waals surface area contributed by atoms with E-state index in [2.05, 4.69) is 42.8 Å². The van der Waals surface area contributed by atoms with Crippen LogP contribution in [0.15, 0.2) is 45.8 Å². The first kappa shape index (κ1) is 16.8. The smallest absolute Gasteiger partial charge is 0.272 e. The summed E-state index contributed by atoms with van der Waals surface area (Å²) in [7, 11) is 0. The third-order valence-corrected chi connectivity index (χ3v) is 5.60. The van der Waals surface area contributed by atoms with Gasteiger partial charge in [0, 0.05) is 25.4 Å². The Labute approximate surface area is 162 Å². The molecule has 1 aliphatic heterocycles. The molecule has 8 heteroatoms. The fraction of sp³-hybridized carbons (Fsp3) is 0.235. The monoisotopic (exact) mass is 436 g/mol. The zero-order valence-corrected chi connectivity index (χ0v) is 16.3. The number of nitrogens with zero attached hydrogens (tertiary/aromatic N) is 4. The Kier molecular flexibility index (Phi) is 4.62. The molecule has 1 amide bonds. The van der Waals surface area contributed by atoms with Gasteiger partial charge in [-0.2, -0.15) is 16.4 Å². The average Bonchev–Trinajstić information content (AvgIpc) is 3.20. The zero-order chi connectivity index (χ0) is 17.4. The van der Waals surface area contributed by atoms with Gasteiger partial charge in [-0.25, -0.2) is 9.67 Å². The average molecular weight is 438 g/mol. The van der Waals surface area contributed by atoms with E-state index >= 15 is 0 Å². The van der Waals surface area contributed by atoms with Gasteiger partial charge in [0.1, 0.15) is 10.3 Å². The fourth-order valence-electron chi connectivity index (χ4n) is 2.97. The Bertz CT molecular complexity index is 905. The van der Waals surface area contributed by atoms with Crippen molar-refractivity contribution in [2.75, 3.05) is 13.1 Å². The van der Waals surface area contributed by atoms with Gasteiger partial charge in [-0.1, -0.05) is 11.6 Å². The molecule has 3 aromatic heterocycles. The Morgan fingerprint density at radius 2 is 2.24 bits per heavy atom. The van der Waals surface area contributed by atoms with E-state index in [0.717, 1.165) is 19.5 Å². The number of hydrogen-bond donors (Lipinski definition) is 0. The fourth-order valence-corrected chi connectivity index (χ4v) is 4.23. The quantitative estimate of drug-likeness (QED) is 0.618. The molecule has 5 nitrogen and oxygen atoms in total. The Morgan fingerprint density at radius 3 is 2.96 bits per heavy atom. The van der Waals surface area contributed by atoms with Crippen LogP contribution in [0.4, 0.5) is 0 Å². The first-order valence-electron chi connectivity index (χ1n) is 7.78. The first-order chi connectivity index (χ1) is 12.1. The van der Waals surface area contributed by atoms with Gasteiger partial charge in [0.2, 0.25) is 0 Å². The number of amides is 1. The molecule has 4 rings (SSSR count). The number of halogens is 2. The molecule has 0 radical (unpaired) electrons. The van der Waals surface area contributed by atoms with Crippen molar-refractivity contribution in [3.63, 3.8) is 0 Å². The van der Waals surface area contributed by atoms with Gasteiger partial charge < -0.3 is 4.90 Å². The molecule has 1 aliphatic rings. The van der Waals surface area contributed by atoms with Gasteiger partial charge in [-0.05, 0) is 62.8 Å². The van der Waals surface area contributed by atoms with E-state index in [-0.39, 0.29) is 5.91 Å². The summed E-state index contributed by atoms with van der Waals surface area (Å²) in [6.07, 6.45) is 2.65. The second-order valence-corrected chi connectivity index (χ2v) is 7.98. The highest BCUT2D eigenvalue weighted by Gasteiger charge is 2.33. The summed E-state index contributed by atoms with van der Waals surface area (Å²) in [6.45, 7) is 1.51. The van der Waals surface area contributed by atoms with Crippen LogP contribution in [0.5, 0.6) is 0 Å². The lowest BCUT2D eigenvalue weighted by Gasteiger charge is -2.39. The van der Waals surface area contributed by atoms with Crippen molar-refractivity contribution in [1.29, 1.82) is 0 Å². The normalized spacial score (nSPS) is 14.6. The van der Waals surface area contributed by atoms with Crippen LogP contribution in [-0.2, 0) is 6.42 Å². The third-order valence-electron chi connectivity index (χ3n) is 4.19. The minimum Gasteiger partial charge on any atom is -0.337 e. The molecule has 3 aromatic rings. The molecular weight excluding hydrogens is 424 g/mol. The number of carbonyl (C=O) groups is 1. The summed E-state index contributed by atoms with van der Waals surface area (Å²) in [5, 5.41) is 9.03. The van der Waals surface area contributed by atoms with Crippen molar-refractivity contribution in [2.24, 2.45) is 5.92 Å². The predicted molar refractivity (Wildman–Crippen MR) is 101 cm³/mol. The number of pyridine rings is 1. The highest BCUT2D eigenvalue weighted by Crippen LogP contribution is 2.26. The van der Waals surface area contributed by atoms with Crippen LogP contribution in [-0.4, -0.2) is 38.7 Å². The van der Waals surface area contributed by atoms with E-state index in [0.29, 0.717) is 27.1 Å². The number of carbonyl (C=O) groups excluding carboxylic acids is 1. The molecule has 0 spiro atoms. The molecule has 1 fully saturated rings. The highest BCUT2D eigenvalue weighted by atomic mass is 79.9. The van der Waals surface area contributed by atoms with Crippen molar-refractivity contribution < 1.29 is 4.79 Å². The zero-order valence-electron chi connectivity index (χ0n) is 13.1. The summed E-state index contributed by atoms with van der Waals surface area (Å²) in [4.78, 5) is 19.0. The lowest BCUT2D eigenvalue weighted by molar-refractivity contribution is 0.0492. The second-order valence-electron chi connectivity index (χ2n) is 5.98. The van der Waals surface area contributed by atoms with Crippen LogP contribution in [0.2, 0.25) is 5.02 Å². The van der Waals surface area contributed by atoms with Gasteiger partial charge in [0.05, 0.1) is 5.02 Å². The van der Waals surface area contributed by atoms with Gasteiger partial charge in [-0.3, -0.25) is 4.79 Å². The van der Waals surface area contributed by atoms with Crippen LogP contribution >= 0.6 is 38.9 Å². The summed E-state index contributed by atoms with van der Waals surface area (Å²) < 4.78 is 2.08. The molecule has 0 saturated carbocycles. The molecule has 0 unspecified atom stereocenters. The molecule has 0 aromatic carbocycles. The highest BCUT2D eigenvalue weighted by molar-refractivity contribution is 9.10. The van der Waals surface area contributed by atoms with Gasteiger partial charge in [0.15, 0.2) is 5.82 Å². The van der Waals surface area contributed by atoms with Crippen molar-refractivity contribution in [3.05, 3.63) is 62.1 Å². The van der Waals surface area contributed by atoms with E-state index in [4.69, 9.17) is 11.6 Å². The standard InChI is InChI=1S/C17H14BrClN4OS/c18-15-7-14(23(21-15)16-13(19)2-1-4-20-16)17(24)22-8-12(9-22)6-11-3-5-25-10-11/h1-5,7,10,12H,6,8-9H2. The molecule has 1 saturated heterocycles. The van der Waals surface area contributed by atoms with Crippen molar-refractivity contribution in [3.8, 4) is 5.82 Å². The SMILES string of the molecule is O=C(c1cc(Br)nn1-c1ncccc1Cl)N1CC(Cc2ccsc2)C1. The van der Waals surface area contributed by atoms with E-state index in [1.54, 1.807) is 35.7 Å². The number of rotatable bonds is 4. The van der Waals surface area contributed by atoms with E-state index in [1.807, 2.05) is 4.90 Å². The summed E-state index contributed by atoms with van der Waals surface area (Å²) >= 11 is 11.3. The first-order valence-corrected chi connectivity index (χ1v) is 9.90. The predicted octanol–water partition coefficient (Wildman–Crippen LogP) is 4.06. The van der Waals surface area contributed by atoms with E-state index in [9.17, 15) is 4.79 Å². The Balaban J connectivity index is 1.51. The third kappa shape index (κ3) is 3.36. The number of aromatic nitrogens is 3. The van der Waals surface area contributed by atoms with Gasteiger partial charge in [0.25, 0.3) is 5.91 Å². The minimum atomic E-state index is -0.0542. The summed E-state index contributed by atoms with van der Waals surface area (Å²) in [6, 6.07) is 7.33. The maximum atomic E-state index is 12.9. The molecule has 0 aliphatic carbocycles. The largest absolute Gasteiger partial charge is 0.337 e. The summed E-state index contributed by atoms with van der Waals surface area (Å²) in [5.74, 6) is 0.909. The van der Waals surface area contributed by atoms with Crippen LogP contribution in [0.1, 0.15) is 16.1 Å². The molecule has 0 bridgehead atoms.